The molecule has 0 atom stereocenters. The third-order valence-corrected chi connectivity index (χ3v) is 5.71. The first kappa shape index (κ1) is 21.5. The number of hydrogen-bond donors (Lipinski definition) is 0. The van der Waals surface area contributed by atoms with Crippen LogP contribution in [0.3, 0.4) is 0 Å². The van der Waals surface area contributed by atoms with E-state index in [0.29, 0.717) is 50.3 Å². The van der Waals surface area contributed by atoms with Gasteiger partial charge in [-0.3, -0.25) is 4.79 Å². The van der Waals surface area contributed by atoms with Crippen molar-refractivity contribution in [2.45, 2.75) is 6.92 Å². The van der Waals surface area contributed by atoms with Crippen LogP contribution in [0, 0.1) is 6.92 Å². The smallest absolute Gasteiger partial charge is 0.353 e. The highest BCUT2D eigenvalue weighted by molar-refractivity contribution is 7.12. The van der Waals surface area contributed by atoms with Crippen LogP contribution in [0.1, 0.15) is 31.2 Å². The van der Waals surface area contributed by atoms with Gasteiger partial charge in [-0.05, 0) is 53.8 Å². The zero-order valence-corrected chi connectivity index (χ0v) is 18.7. The second kappa shape index (κ2) is 8.76. The van der Waals surface area contributed by atoms with Gasteiger partial charge in [-0.1, -0.05) is 6.07 Å². The van der Waals surface area contributed by atoms with Crippen molar-refractivity contribution in [1.82, 2.24) is 0 Å². The number of esters is 1. The van der Waals surface area contributed by atoms with Crippen molar-refractivity contribution >= 4 is 29.2 Å². The maximum atomic E-state index is 13.0. The molecule has 4 rings (SSSR count). The number of ether oxygens (including phenoxy) is 5. The number of thiophene rings is 1. The highest BCUT2D eigenvalue weighted by Crippen LogP contribution is 2.41. The Morgan fingerprint density at radius 2 is 1.75 bits per heavy atom. The minimum Gasteiger partial charge on any atom is -0.493 e. The van der Waals surface area contributed by atoms with Gasteiger partial charge < -0.3 is 23.7 Å². The van der Waals surface area contributed by atoms with Crippen LogP contribution < -0.4 is 23.7 Å². The van der Waals surface area contributed by atoms with Gasteiger partial charge >= 0.3 is 5.97 Å². The Hall–Kier alpha value is -3.78. The fourth-order valence-corrected chi connectivity index (χ4v) is 4.02. The van der Waals surface area contributed by atoms with Crippen molar-refractivity contribution in [3.63, 3.8) is 0 Å². The summed E-state index contributed by atoms with van der Waals surface area (Å²) in [6.45, 7) is 1.77. The molecule has 0 aliphatic carbocycles. The number of Topliss-reactive ketones (excluding diaryl/α,β-unsaturated/α-hetero) is 1. The monoisotopic (exact) mass is 452 g/mol. The first-order valence-corrected chi connectivity index (χ1v) is 10.5. The third kappa shape index (κ3) is 3.92. The van der Waals surface area contributed by atoms with E-state index in [1.54, 1.807) is 54.8 Å². The van der Waals surface area contributed by atoms with Gasteiger partial charge in [0.2, 0.25) is 11.5 Å². The van der Waals surface area contributed by atoms with E-state index in [-0.39, 0.29) is 11.5 Å². The molecule has 8 heteroatoms. The first-order chi connectivity index (χ1) is 15.4. The highest BCUT2D eigenvalue weighted by atomic mass is 32.1. The van der Waals surface area contributed by atoms with Gasteiger partial charge in [0.15, 0.2) is 17.3 Å². The molecule has 7 nitrogen and oxygen atoms in total. The number of fused-ring (bicyclic) bond motifs is 1. The normalized spacial score (nSPS) is 13.5. The molecule has 0 spiro atoms. The Kier molecular flexibility index (Phi) is 5.87. The van der Waals surface area contributed by atoms with Gasteiger partial charge in [0.1, 0.15) is 16.4 Å². The summed E-state index contributed by atoms with van der Waals surface area (Å²) in [6, 6.07) is 10.1. The van der Waals surface area contributed by atoms with Gasteiger partial charge in [-0.25, -0.2) is 4.79 Å². The van der Waals surface area contributed by atoms with Crippen molar-refractivity contribution in [2.75, 3.05) is 21.3 Å². The average molecular weight is 452 g/mol. The molecular formula is C24H20O7S. The lowest BCUT2D eigenvalue weighted by atomic mass is 10.0. The zero-order valence-electron chi connectivity index (χ0n) is 17.9. The average Bonchev–Trinajstić information content (AvgIpc) is 3.42. The maximum absolute atomic E-state index is 13.0. The van der Waals surface area contributed by atoms with E-state index in [1.807, 2.05) is 0 Å². The molecule has 2 aromatic carbocycles. The summed E-state index contributed by atoms with van der Waals surface area (Å²) >= 11 is 1.29. The summed E-state index contributed by atoms with van der Waals surface area (Å²) in [5, 5.41) is 1.80. The number of allylic oxidation sites excluding steroid dienone is 1. The molecule has 3 aromatic rings. The van der Waals surface area contributed by atoms with E-state index in [2.05, 4.69) is 0 Å². The number of benzene rings is 2. The number of ketones is 1. The fraction of sp³-hybridized carbons (Fsp3) is 0.167. The van der Waals surface area contributed by atoms with Crippen LogP contribution in [0.5, 0.6) is 28.7 Å². The van der Waals surface area contributed by atoms with Gasteiger partial charge in [0, 0.05) is 6.07 Å². The fourth-order valence-electron chi connectivity index (χ4n) is 3.42. The second-order valence-electron chi connectivity index (χ2n) is 6.88. The lowest BCUT2D eigenvalue weighted by Gasteiger charge is -2.13. The predicted octanol–water partition coefficient (Wildman–Crippen LogP) is 4.92. The largest absolute Gasteiger partial charge is 0.493 e. The van der Waals surface area contributed by atoms with E-state index < -0.39 is 5.97 Å². The van der Waals surface area contributed by atoms with Crippen LogP contribution in [0.4, 0.5) is 0 Å². The van der Waals surface area contributed by atoms with Crippen LogP contribution in [0.25, 0.3) is 6.08 Å². The van der Waals surface area contributed by atoms with Gasteiger partial charge in [0.05, 0.1) is 26.9 Å². The molecule has 0 saturated heterocycles. The van der Waals surface area contributed by atoms with E-state index >= 15 is 0 Å². The van der Waals surface area contributed by atoms with Crippen molar-refractivity contribution in [1.29, 1.82) is 0 Å². The summed E-state index contributed by atoms with van der Waals surface area (Å²) in [5.74, 6) is 1.43. The Labute approximate surface area is 188 Å². The number of aryl methyl sites for hydroxylation is 1. The van der Waals surface area contributed by atoms with Crippen molar-refractivity contribution in [3.8, 4) is 28.7 Å². The molecule has 0 saturated carbocycles. The molecule has 164 valence electrons. The van der Waals surface area contributed by atoms with Crippen molar-refractivity contribution < 1.29 is 33.3 Å². The molecule has 0 unspecified atom stereocenters. The topological polar surface area (TPSA) is 80.3 Å². The molecule has 2 heterocycles. The summed E-state index contributed by atoms with van der Waals surface area (Å²) in [4.78, 5) is 25.7. The molecule has 1 aliphatic heterocycles. The van der Waals surface area contributed by atoms with Gasteiger partial charge in [-0.2, -0.15) is 0 Å². The number of hydrogen-bond acceptors (Lipinski definition) is 8. The van der Waals surface area contributed by atoms with E-state index in [9.17, 15) is 9.59 Å². The third-order valence-electron chi connectivity index (χ3n) is 4.86. The van der Waals surface area contributed by atoms with Crippen LogP contribution in [0.15, 0.2) is 47.5 Å². The molecule has 0 bridgehead atoms. The summed E-state index contributed by atoms with van der Waals surface area (Å²) in [7, 11) is 4.55. The summed E-state index contributed by atoms with van der Waals surface area (Å²) in [5.41, 5.74) is 1.71. The van der Waals surface area contributed by atoms with Crippen molar-refractivity contribution in [3.05, 3.63) is 69.1 Å². The van der Waals surface area contributed by atoms with E-state index in [0.717, 1.165) is 0 Å². The van der Waals surface area contributed by atoms with Crippen LogP contribution in [-0.2, 0) is 0 Å². The molecule has 32 heavy (non-hydrogen) atoms. The Balaban J connectivity index is 1.65. The minimum absolute atomic E-state index is 0.138. The maximum Gasteiger partial charge on any atom is 0.353 e. The summed E-state index contributed by atoms with van der Waals surface area (Å²) < 4.78 is 27.4. The Morgan fingerprint density at radius 1 is 1.03 bits per heavy atom. The molecule has 0 amide bonds. The minimum atomic E-state index is -0.461. The van der Waals surface area contributed by atoms with Crippen LogP contribution >= 0.6 is 11.3 Å². The molecule has 1 aromatic heterocycles. The highest BCUT2D eigenvalue weighted by Gasteiger charge is 2.30. The molecule has 0 N–H and O–H groups in total. The second-order valence-corrected chi connectivity index (χ2v) is 7.83. The van der Waals surface area contributed by atoms with Gasteiger partial charge in [0.25, 0.3) is 0 Å². The van der Waals surface area contributed by atoms with Crippen molar-refractivity contribution in [2.24, 2.45) is 0 Å². The lowest BCUT2D eigenvalue weighted by molar-refractivity contribution is 0.0739. The number of carbonyl (C=O) groups excluding carboxylic acids is 2. The number of methoxy groups -OCH3 is 3. The number of rotatable bonds is 6. The number of carbonyl (C=O) groups is 2. The quantitative estimate of drug-likeness (QED) is 0.298. The first-order valence-electron chi connectivity index (χ1n) is 9.59. The SMILES string of the molecule is COc1cc(/C=C2\Oc3cc(OC(=O)c4cccs4)cc(C)c3C2=O)cc(OC)c1OC. The summed E-state index contributed by atoms with van der Waals surface area (Å²) in [6.07, 6.45) is 1.60. The Bertz CT molecular complexity index is 1200. The zero-order chi connectivity index (χ0) is 22.8. The lowest BCUT2D eigenvalue weighted by Crippen LogP contribution is -2.06. The van der Waals surface area contributed by atoms with Crippen LogP contribution in [0.2, 0.25) is 0 Å². The van der Waals surface area contributed by atoms with E-state index in [4.69, 9.17) is 23.7 Å². The standard InChI is InChI=1S/C24H20O7S/c1-13-8-15(30-24(26)20-6-5-7-32-20)12-16-21(13)22(25)17(31-16)9-14-10-18(27-2)23(29-4)19(11-14)28-3/h5-12H,1-4H3/b17-9-. The van der Waals surface area contributed by atoms with E-state index in [1.165, 1.54) is 32.7 Å². The molecular weight excluding hydrogens is 432 g/mol. The molecule has 0 fully saturated rings. The van der Waals surface area contributed by atoms with Gasteiger partial charge in [-0.15, -0.1) is 11.3 Å². The predicted molar refractivity (Wildman–Crippen MR) is 119 cm³/mol. The Morgan fingerprint density at radius 3 is 2.34 bits per heavy atom. The van der Waals surface area contributed by atoms with Crippen LogP contribution in [-0.4, -0.2) is 33.1 Å². The molecule has 0 radical (unpaired) electrons. The molecule has 1 aliphatic rings.